The quantitative estimate of drug-likeness (QED) is 0.457. The Morgan fingerprint density at radius 1 is 0.875 bits per heavy atom. The van der Waals surface area contributed by atoms with E-state index in [1.807, 2.05) is 29.2 Å². The summed E-state index contributed by atoms with van der Waals surface area (Å²) in [5.41, 5.74) is -0.0505. The van der Waals surface area contributed by atoms with E-state index in [0.717, 1.165) is 49.3 Å². The van der Waals surface area contributed by atoms with Gasteiger partial charge in [-0.3, -0.25) is 5.10 Å². The summed E-state index contributed by atoms with van der Waals surface area (Å²) in [6.45, 7) is 1.49. The monoisotopic (exact) mass is 439 g/mol. The Kier molecular flexibility index (Phi) is 5.12. The minimum Gasteiger partial charge on any atom is -0.341 e. The second-order valence-corrected chi connectivity index (χ2v) is 7.62. The standard InChI is InChI=1S/C22H20F3N7/c23-22(24,25)16-10-4-2-8-14(16)18-26-20(29-21(28-18)32-12-6-1-7-13-32)27-19-15-9-3-5-11-17(15)30-31-19/h2-5,8-11H,1,6-7,12-13H2,(H2,26,27,28,29,30,31). The van der Waals surface area contributed by atoms with E-state index in [9.17, 15) is 13.2 Å². The summed E-state index contributed by atoms with van der Waals surface area (Å²) in [6.07, 6.45) is -1.46. The van der Waals surface area contributed by atoms with E-state index >= 15 is 0 Å². The molecule has 1 saturated heterocycles. The number of para-hydroxylation sites is 1. The van der Waals surface area contributed by atoms with E-state index < -0.39 is 11.7 Å². The zero-order valence-electron chi connectivity index (χ0n) is 17.0. The smallest absolute Gasteiger partial charge is 0.341 e. The van der Waals surface area contributed by atoms with Gasteiger partial charge in [-0.25, -0.2) is 0 Å². The highest BCUT2D eigenvalue weighted by Crippen LogP contribution is 2.36. The van der Waals surface area contributed by atoms with Crippen LogP contribution in [0.5, 0.6) is 0 Å². The number of halogens is 3. The van der Waals surface area contributed by atoms with Crippen LogP contribution < -0.4 is 10.2 Å². The van der Waals surface area contributed by atoms with Gasteiger partial charge in [-0.2, -0.15) is 33.2 Å². The van der Waals surface area contributed by atoms with Crippen LogP contribution in [0.3, 0.4) is 0 Å². The maximum Gasteiger partial charge on any atom is 0.417 e. The number of H-pyrrole nitrogens is 1. The van der Waals surface area contributed by atoms with Gasteiger partial charge in [-0.1, -0.05) is 30.3 Å². The van der Waals surface area contributed by atoms with Gasteiger partial charge in [-0.15, -0.1) is 0 Å². The average molecular weight is 439 g/mol. The number of fused-ring (bicyclic) bond motifs is 1. The maximum absolute atomic E-state index is 13.7. The minimum absolute atomic E-state index is 0.0316. The Bertz CT molecular complexity index is 1250. The minimum atomic E-state index is -4.53. The Labute approximate surface area is 181 Å². The number of rotatable bonds is 4. The molecule has 32 heavy (non-hydrogen) atoms. The fourth-order valence-corrected chi connectivity index (χ4v) is 3.87. The highest BCUT2D eigenvalue weighted by atomic mass is 19.4. The number of aromatic amines is 1. The van der Waals surface area contributed by atoms with Crippen molar-refractivity contribution in [3.05, 3.63) is 54.1 Å². The van der Waals surface area contributed by atoms with Crippen LogP contribution in [0.15, 0.2) is 48.5 Å². The van der Waals surface area contributed by atoms with Crippen LogP contribution in [0.4, 0.5) is 30.9 Å². The summed E-state index contributed by atoms with van der Waals surface area (Å²) >= 11 is 0. The highest BCUT2D eigenvalue weighted by molar-refractivity contribution is 5.90. The molecule has 0 saturated carbocycles. The lowest BCUT2D eigenvalue weighted by atomic mass is 10.1. The van der Waals surface area contributed by atoms with Crippen molar-refractivity contribution in [2.45, 2.75) is 25.4 Å². The van der Waals surface area contributed by atoms with Crippen molar-refractivity contribution in [2.75, 3.05) is 23.3 Å². The van der Waals surface area contributed by atoms with E-state index in [-0.39, 0.29) is 17.3 Å². The first kappa shape index (κ1) is 20.2. The molecule has 2 aromatic heterocycles. The van der Waals surface area contributed by atoms with Crippen molar-refractivity contribution in [1.29, 1.82) is 0 Å². The lowest BCUT2D eigenvalue weighted by molar-refractivity contribution is -0.137. The van der Waals surface area contributed by atoms with Crippen molar-refractivity contribution in [2.24, 2.45) is 0 Å². The number of piperidine rings is 1. The molecule has 0 aliphatic carbocycles. The largest absolute Gasteiger partial charge is 0.417 e. The van der Waals surface area contributed by atoms with Crippen molar-refractivity contribution in [1.82, 2.24) is 25.1 Å². The summed E-state index contributed by atoms with van der Waals surface area (Å²) in [6, 6.07) is 12.8. The molecule has 0 radical (unpaired) electrons. The Balaban J connectivity index is 1.61. The predicted molar refractivity (Wildman–Crippen MR) is 116 cm³/mol. The molecule has 0 amide bonds. The molecule has 2 aromatic carbocycles. The Hall–Kier alpha value is -3.69. The first-order valence-corrected chi connectivity index (χ1v) is 10.4. The number of benzene rings is 2. The van der Waals surface area contributed by atoms with Crippen LogP contribution in [0, 0.1) is 0 Å². The van der Waals surface area contributed by atoms with Crippen LogP contribution in [0.1, 0.15) is 24.8 Å². The van der Waals surface area contributed by atoms with Gasteiger partial charge >= 0.3 is 6.18 Å². The zero-order chi connectivity index (χ0) is 22.1. The van der Waals surface area contributed by atoms with E-state index in [4.69, 9.17) is 0 Å². The molecule has 7 nitrogen and oxygen atoms in total. The van der Waals surface area contributed by atoms with E-state index in [1.165, 1.54) is 12.1 Å². The fraction of sp³-hybridized carbons (Fsp3) is 0.273. The molecule has 0 spiro atoms. The third-order valence-corrected chi connectivity index (χ3v) is 5.44. The van der Waals surface area contributed by atoms with Gasteiger partial charge in [0.05, 0.1) is 11.1 Å². The summed E-state index contributed by atoms with van der Waals surface area (Å²) in [4.78, 5) is 15.3. The number of anilines is 3. The molecule has 1 aliphatic heterocycles. The SMILES string of the molecule is FC(F)(F)c1ccccc1-c1nc(Nc2n[nH]c3ccccc23)nc(N2CCCCC2)n1. The lowest BCUT2D eigenvalue weighted by Gasteiger charge is -2.27. The van der Waals surface area contributed by atoms with Crippen molar-refractivity contribution >= 4 is 28.6 Å². The van der Waals surface area contributed by atoms with Gasteiger partial charge in [0, 0.05) is 24.0 Å². The summed E-state index contributed by atoms with van der Waals surface area (Å²) in [7, 11) is 0. The molecular formula is C22H20F3N7. The summed E-state index contributed by atoms with van der Waals surface area (Å²) < 4.78 is 41.0. The number of nitrogens with one attached hydrogen (secondary N) is 2. The van der Waals surface area contributed by atoms with Crippen LogP contribution >= 0.6 is 0 Å². The van der Waals surface area contributed by atoms with E-state index in [2.05, 4.69) is 30.5 Å². The van der Waals surface area contributed by atoms with Crippen LogP contribution in [-0.4, -0.2) is 38.2 Å². The Morgan fingerprint density at radius 2 is 1.62 bits per heavy atom. The average Bonchev–Trinajstić information content (AvgIpc) is 3.22. The van der Waals surface area contributed by atoms with E-state index in [0.29, 0.717) is 11.8 Å². The third kappa shape index (κ3) is 3.95. The Morgan fingerprint density at radius 3 is 2.44 bits per heavy atom. The van der Waals surface area contributed by atoms with E-state index in [1.54, 1.807) is 6.07 Å². The number of hydrogen-bond acceptors (Lipinski definition) is 6. The van der Waals surface area contributed by atoms with Crippen LogP contribution in [0.25, 0.3) is 22.3 Å². The molecule has 4 aromatic rings. The molecule has 0 bridgehead atoms. The number of alkyl halides is 3. The first-order valence-electron chi connectivity index (χ1n) is 10.4. The lowest BCUT2D eigenvalue weighted by Crippen LogP contribution is -2.31. The van der Waals surface area contributed by atoms with Gasteiger partial charge in [0.25, 0.3) is 0 Å². The molecule has 164 valence electrons. The molecule has 1 fully saturated rings. The molecule has 0 unspecified atom stereocenters. The van der Waals surface area contributed by atoms with Gasteiger partial charge in [0.15, 0.2) is 11.6 Å². The molecule has 3 heterocycles. The molecule has 5 rings (SSSR count). The molecule has 1 aliphatic rings. The summed E-state index contributed by atoms with van der Waals surface area (Å²) in [5.74, 6) is 0.959. The molecule has 0 atom stereocenters. The normalized spacial score (nSPS) is 14.7. The second kappa shape index (κ2) is 8.10. The van der Waals surface area contributed by atoms with Gasteiger partial charge in [0.1, 0.15) is 0 Å². The molecule has 2 N–H and O–H groups in total. The molecular weight excluding hydrogens is 419 g/mol. The first-order chi connectivity index (χ1) is 15.5. The van der Waals surface area contributed by atoms with Gasteiger partial charge in [0.2, 0.25) is 11.9 Å². The highest BCUT2D eigenvalue weighted by Gasteiger charge is 2.34. The van der Waals surface area contributed by atoms with Crippen LogP contribution in [0.2, 0.25) is 0 Å². The predicted octanol–water partition coefficient (Wildman–Crippen LogP) is 5.17. The summed E-state index contributed by atoms with van der Waals surface area (Å²) in [5, 5.41) is 11.1. The number of nitrogens with zero attached hydrogens (tertiary/aromatic N) is 5. The second-order valence-electron chi connectivity index (χ2n) is 7.62. The van der Waals surface area contributed by atoms with Crippen molar-refractivity contribution in [3.8, 4) is 11.4 Å². The topological polar surface area (TPSA) is 82.6 Å². The third-order valence-electron chi connectivity index (χ3n) is 5.44. The van der Waals surface area contributed by atoms with Gasteiger partial charge in [-0.05, 0) is 37.5 Å². The maximum atomic E-state index is 13.7. The van der Waals surface area contributed by atoms with Crippen molar-refractivity contribution < 1.29 is 13.2 Å². The van der Waals surface area contributed by atoms with Crippen LogP contribution in [-0.2, 0) is 6.18 Å². The molecule has 10 heteroatoms. The number of hydrogen-bond donors (Lipinski definition) is 2. The van der Waals surface area contributed by atoms with Gasteiger partial charge < -0.3 is 10.2 Å². The fourth-order valence-electron chi connectivity index (χ4n) is 3.87. The zero-order valence-corrected chi connectivity index (χ0v) is 17.0. The number of aromatic nitrogens is 5. The van der Waals surface area contributed by atoms with Crippen molar-refractivity contribution in [3.63, 3.8) is 0 Å².